The van der Waals surface area contributed by atoms with E-state index in [1.165, 1.54) is 4.90 Å². The lowest BCUT2D eigenvalue weighted by atomic mass is 10.1. The zero-order valence-corrected chi connectivity index (χ0v) is 9.95. The first kappa shape index (κ1) is 10.8. The molecule has 4 heteroatoms. The van der Waals surface area contributed by atoms with Crippen LogP contribution in [-0.2, 0) is 7.05 Å². The third-order valence-corrected chi connectivity index (χ3v) is 3.12. The number of aromatic nitrogens is 2. The minimum atomic E-state index is 0.450. The number of nitrogens with zero attached hydrogens (tertiary/aromatic N) is 3. The molecule has 0 radical (unpaired) electrons. The maximum Gasteiger partial charge on any atom is 0.163 e. The molecule has 80 valence electrons. The van der Waals surface area contributed by atoms with E-state index in [1.807, 2.05) is 31.5 Å². The van der Waals surface area contributed by atoms with Gasteiger partial charge in [0.15, 0.2) is 5.69 Å². The highest BCUT2D eigenvalue weighted by atomic mass is 32.2. The van der Waals surface area contributed by atoms with Crippen LogP contribution in [0.2, 0.25) is 0 Å². The van der Waals surface area contributed by atoms with Gasteiger partial charge in [0.2, 0.25) is 0 Å². The third kappa shape index (κ3) is 1.95. The lowest BCUT2D eigenvalue weighted by molar-refractivity contribution is 0.771. The molecule has 0 atom stereocenters. The summed E-state index contributed by atoms with van der Waals surface area (Å²) in [5, 5.41) is 12.9. The molecule has 0 aliphatic carbocycles. The molecule has 0 bridgehead atoms. The first-order valence-corrected chi connectivity index (χ1v) is 6.05. The van der Waals surface area contributed by atoms with Crippen LogP contribution in [0.15, 0.2) is 35.2 Å². The Morgan fingerprint density at radius 2 is 2.00 bits per heavy atom. The molecule has 0 aliphatic heterocycles. The molecular formula is C12H11N3S. The van der Waals surface area contributed by atoms with Gasteiger partial charge in [-0.2, -0.15) is 10.4 Å². The van der Waals surface area contributed by atoms with E-state index in [9.17, 15) is 0 Å². The van der Waals surface area contributed by atoms with Gasteiger partial charge in [0.25, 0.3) is 0 Å². The summed E-state index contributed by atoms with van der Waals surface area (Å²) in [6.07, 6.45) is 2.05. The minimum Gasteiger partial charge on any atom is -0.267 e. The Hall–Kier alpha value is -1.73. The monoisotopic (exact) mass is 229 g/mol. The van der Waals surface area contributed by atoms with Gasteiger partial charge in [-0.15, -0.1) is 11.8 Å². The lowest BCUT2D eigenvalue weighted by Crippen LogP contribution is -1.93. The Morgan fingerprint density at radius 1 is 1.31 bits per heavy atom. The normalized spacial score (nSPS) is 10.1. The van der Waals surface area contributed by atoms with Crippen LogP contribution in [0.4, 0.5) is 0 Å². The number of aryl methyl sites for hydroxylation is 1. The summed E-state index contributed by atoms with van der Waals surface area (Å²) >= 11 is 1.71. The van der Waals surface area contributed by atoms with Gasteiger partial charge >= 0.3 is 0 Å². The molecule has 0 aliphatic rings. The van der Waals surface area contributed by atoms with E-state index >= 15 is 0 Å². The average Bonchev–Trinajstić information content (AvgIpc) is 2.71. The number of hydrogen-bond donors (Lipinski definition) is 0. The smallest absolute Gasteiger partial charge is 0.163 e. The van der Waals surface area contributed by atoms with Gasteiger partial charge in [-0.25, -0.2) is 0 Å². The van der Waals surface area contributed by atoms with Gasteiger partial charge in [0.1, 0.15) is 6.07 Å². The molecule has 0 N–H and O–H groups in total. The van der Waals surface area contributed by atoms with Crippen LogP contribution in [-0.4, -0.2) is 16.0 Å². The Balaban J connectivity index is 2.42. The van der Waals surface area contributed by atoms with Gasteiger partial charge in [-0.1, -0.05) is 12.1 Å². The SMILES string of the molecule is CSc1ccc(-c2cc(C#N)nn2C)cc1. The van der Waals surface area contributed by atoms with E-state index < -0.39 is 0 Å². The second-order valence-corrected chi connectivity index (χ2v) is 4.26. The Labute approximate surface area is 98.7 Å². The van der Waals surface area contributed by atoms with E-state index in [1.54, 1.807) is 22.5 Å². The first-order chi connectivity index (χ1) is 7.74. The zero-order valence-electron chi connectivity index (χ0n) is 9.14. The van der Waals surface area contributed by atoms with E-state index in [-0.39, 0.29) is 0 Å². The molecule has 0 fully saturated rings. The molecule has 0 spiro atoms. The highest BCUT2D eigenvalue weighted by molar-refractivity contribution is 7.98. The third-order valence-electron chi connectivity index (χ3n) is 2.38. The maximum absolute atomic E-state index is 8.78. The fraction of sp³-hybridized carbons (Fsp3) is 0.167. The quantitative estimate of drug-likeness (QED) is 0.743. The molecule has 0 saturated carbocycles. The van der Waals surface area contributed by atoms with E-state index in [0.29, 0.717) is 5.69 Å². The van der Waals surface area contributed by atoms with Crippen LogP contribution in [0.1, 0.15) is 5.69 Å². The molecule has 0 amide bonds. The fourth-order valence-electron chi connectivity index (χ4n) is 1.55. The Morgan fingerprint density at radius 3 is 2.50 bits per heavy atom. The summed E-state index contributed by atoms with van der Waals surface area (Å²) in [6.45, 7) is 0. The predicted octanol–water partition coefficient (Wildman–Crippen LogP) is 2.68. The van der Waals surface area contributed by atoms with Crippen LogP contribution in [0.25, 0.3) is 11.3 Å². The van der Waals surface area contributed by atoms with Crippen LogP contribution < -0.4 is 0 Å². The first-order valence-electron chi connectivity index (χ1n) is 4.83. The molecule has 1 aromatic carbocycles. The summed E-state index contributed by atoms with van der Waals surface area (Å²) in [6, 6.07) is 12.1. The second-order valence-electron chi connectivity index (χ2n) is 3.38. The summed E-state index contributed by atoms with van der Waals surface area (Å²) in [7, 11) is 1.85. The molecule has 0 saturated heterocycles. The summed E-state index contributed by atoms with van der Waals surface area (Å²) in [5.74, 6) is 0. The maximum atomic E-state index is 8.78. The van der Waals surface area contributed by atoms with Crippen molar-refractivity contribution in [3.63, 3.8) is 0 Å². The standard InChI is InChI=1S/C12H11N3S/c1-15-12(7-10(8-13)14-15)9-3-5-11(16-2)6-4-9/h3-7H,1-2H3. The summed E-state index contributed by atoms with van der Waals surface area (Å²) < 4.78 is 1.73. The van der Waals surface area contributed by atoms with Gasteiger partial charge in [-0.05, 0) is 24.0 Å². The van der Waals surface area contributed by atoms with Gasteiger partial charge in [0.05, 0.1) is 5.69 Å². The van der Waals surface area contributed by atoms with Crippen LogP contribution in [0.5, 0.6) is 0 Å². The molecule has 0 unspecified atom stereocenters. The fourth-order valence-corrected chi connectivity index (χ4v) is 1.96. The average molecular weight is 229 g/mol. The van der Waals surface area contributed by atoms with Crippen molar-refractivity contribution in [2.45, 2.75) is 4.90 Å². The van der Waals surface area contributed by atoms with Crippen molar-refractivity contribution in [2.24, 2.45) is 7.05 Å². The molecular weight excluding hydrogens is 218 g/mol. The number of thioether (sulfide) groups is 1. The lowest BCUT2D eigenvalue weighted by Gasteiger charge is -2.02. The second kappa shape index (κ2) is 4.42. The van der Waals surface area contributed by atoms with Crippen molar-refractivity contribution in [3.05, 3.63) is 36.0 Å². The molecule has 2 rings (SSSR count). The van der Waals surface area contributed by atoms with Gasteiger partial charge in [0, 0.05) is 18.0 Å². The van der Waals surface area contributed by atoms with Crippen molar-refractivity contribution in [1.29, 1.82) is 5.26 Å². The van der Waals surface area contributed by atoms with Crippen LogP contribution >= 0.6 is 11.8 Å². The van der Waals surface area contributed by atoms with Crippen LogP contribution in [0.3, 0.4) is 0 Å². The Bertz CT molecular complexity index is 534. The van der Waals surface area contributed by atoms with Crippen molar-refractivity contribution >= 4 is 11.8 Å². The molecule has 1 aromatic heterocycles. The largest absolute Gasteiger partial charge is 0.267 e. The van der Waals surface area contributed by atoms with Gasteiger partial charge in [-0.3, -0.25) is 4.68 Å². The number of rotatable bonds is 2. The number of nitriles is 1. The summed E-state index contributed by atoms with van der Waals surface area (Å²) in [5.41, 5.74) is 2.49. The van der Waals surface area contributed by atoms with Crippen molar-refractivity contribution in [2.75, 3.05) is 6.26 Å². The van der Waals surface area contributed by atoms with E-state index in [4.69, 9.17) is 5.26 Å². The van der Waals surface area contributed by atoms with Crippen molar-refractivity contribution in [1.82, 2.24) is 9.78 Å². The molecule has 16 heavy (non-hydrogen) atoms. The highest BCUT2D eigenvalue weighted by Gasteiger charge is 2.06. The van der Waals surface area contributed by atoms with Crippen molar-refractivity contribution < 1.29 is 0 Å². The zero-order chi connectivity index (χ0) is 11.5. The number of hydrogen-bond acceptors (Lipinski definition) is 3. The predicted molar refractivity (Wildman–Crippen MR) is 65.1 cm³/mol. The van der Waals surface area contributed by atoms with E-state index in [0.717, 1.165) is 11.3 Å². The van der Waals surface area contributed by atoms with Crippen molar-refractivity contribution in [3.8, 4) is 17.3 Å². The summed E-state index contributed by atoms with van der Waals surface area (Å²) in [4.78, 5) is 1.23. The van der Waals surface area contributed by atoms with Crippen LogP contribution in [0, 0.1) is 11.3 Å². The topological polar surface area (TPSA) is 41.6 Å². The van der Waals surface area contributed by atoms with Gasteiger partial charge < -0.3 is 0 Å². The molecule has 3 nitrogen and oxygen atoms in total. The highest BCUT2D eigenvalue weighted by Crippen LogP contribution is 2.23. The molecule has 2 aromatic rings. The Kier molecular flexibility index (Phi) is 2.97. The van der Waals surface area contributed by atoms with E-state index in [2.05, 4.69) is 17.2 Å². The minimum absolute atomic E-state index is 0.450. The number of benzene rings is 1. The molecule has 1 heterocycles.